The molecule has 0 heterocycles. The van der Waals surface area contributed by atoms with Gasteiger partial charge in [-0.1, -0.05) is 0 Å². The highest BCUT2D eigenvalue weighted by Crippen LogP contribution is 2.27. The van der Waals surface area contributed by atoms with E-state index in [-0.39, 0.29) is 12.4 Å². The molecule has 1 rings (SSSR count). The average Bonchev–Trinajstić information content (AvgIpc) is 2.15. The van der Waals surface area contributed by atoms with Gasteiger partial charge in [-0.05, 0) is 13.8 Å². The minimum absolute atomic E-state index is 0. The molecule has 0 amide bonds. The van der Waals surface area contributed by atoms with Gasteiger partial charge in [0.2, 0.25) is 0 Å². The summed E-state index contributed by atoms with van der Waals surface area (Å²) < 4.78 is 0. The van der Waals surface area contributed by atoms with Crippen molar-refractivity contribution in [2.75, 3.05) is 0 Å². The summed E-state index contributed by atoms with van der Waals surface area (Å²) in [4.78, 5) is 0. The molecule has 0 radical (unpaired) electrons. The van der Waals surface area contributed by atoms with Crippen molar-refractivity contribution < 1.29 is 12.4 Å². The molecule has 1 heteroatoms. The molecule has 0 atom stereocenters. The molecule has 0 saturated heterocycles. The van der Waals surface area contributed by atoms with Gasteiger partial charge in [0.15, 0.2) is 0 Å². The van der Waals surface area contributed by atoms with E-state index in [0.29, 0.717) is 0 Å². The van der Waals surface area contributed by atoms with E-state index in [9.17, 15) is 0 Å². The van der Waals surface area contributed by atoms with E-state index >= 15 is 0 Å². The van der Waals surface area contributed by atoms with E-state index in [1.807, 2.05) is 0 Å². The Kier molecular flexibility index (Phi) is 3.59. The summed E-state index contributed by atoms with van der Waals surface area (Å²) >= 11 is 0. The van der Waals surface area contributed by atoms with Crippen LogP contribution in [0.4, 0.5) is 0 Å². The molecule has 0 aromatic carbocycles. The van der Waals surface area contributed by atoms with Crippen molar-refractivity contribution in [3.8, 4) is 0 Å². The molecule has 1 aliphatic carbocycles. The highest BCUT2D eigenvalue weighted by atomic mass is 35.5. The van der Waals surface area contributed by atoms with Crippen molar-refractivity contribution in [1.82, 2.24) is 0 Å². The molecule has 0 unspecified atom stereocenters. The van der Waals surface area contributed by atoms with Crippen molar-refractivity contribution in [3.05, 3.63) is 29.2 Å². The lowest BCUT2D eigenvalue weighted by Crippen LogP contribution is -3.00. The zero-order valence-electron chi connectivity index (χ0n) is 6.74. The normalized spacial score (nSPS) is 16.1. The summed E-state index contributed by atoms with van der Waals surface area (Å²) in [6.45, 7) is 6.55. The first-order chi connectivity index (χ1) is 4.25. The Hall–Kier alpha value is -0.360. The van der Waals surface area contributed by atoms with Crippen LogP contribution in [0.3, 0.4) is 0 Å². The second kappa shape index (κ2) is 3.72. The van der Waals surface area contributed by atoms with Gasteiger partial charge in [-0.3, -0.25) is 0 Å². The Bertz CT molecular complexity index is 166. The molecule has 0 spiro atoms. The fourth-order valence-corrected chi connectivity index (χ4v) is 1.11. The number of halogens is 1. The molecule has 10 heavy (non-hydrogen) atoms. The Balaban J connectivity index is 0.000000810. The van der Waals surface area contributed by atoms with E-state index in [4.69, 9.17) is 0 Å². The molecule has 56 valence electrons. The summed E-state index contributed by atoms with van der Waals surface area (Å²) in [6.07, 6.45) is 5.57. The zero-order chi connectivity index (χ0) is 6.85. The molecular weight excluding hydrogens is 144 g/mol. The first kappa shape index (κ1) is 9.64. The first-order valence-corrected chi connectivity index (χ1v) is 3.47. The monoisotopic (exact) mass is 156 g/mol. The van der Waals surface area contributed by atoms with E-state index in [2.05, 4.69) is 32.9 Å². The van der Waals surface area contributed by atoms with E-state index < -0.39 is 0 Å². The van der Waals surface area contributed by atoms with Gasteiger partial charge in [0, 0.05) is 13.3 Å². The molecule has 0 aromatic heterocycles. The van der Waals surface area contributed by atoms with Crippen molar-refractivity contribution in [2.24, 2.45) is 0 Å². The topological polar surface area (TPSA) is 0 Å². The molecule has 0 bridgehead atoms. The van der Waals surface area contributed by atoms with Gasteiger partial charge in [0.05, 0.1) is 29.2 Å². The van der Waals surface area contributed by atoms with Gasteiger partial charge < -0.3 is 12.4 Å². The smallest absolute Gasteiger partial charge is 0.0960 e. The van der Waals surface area contributed by atoms with Gasteiger partial charge >= 0.3 is 0 Å². The van der Waals surface area contributed by atoms with Crippen LogP contribution in [0.15, 0.2) is 23.3 Å². The number of rotatable bonds is 1. The molecular formula is C9H13Cl. The van der Waals surface area contributed by atoms with Gasteiger partial charge in [0.1, 0.15) is 0 Å². The van der Waals surface area contributed by atoms with Crippen LogP contribution in [0.2, 0.25) is 0 Å². The van der Waals surface area contributed by atoms with Crippen LogP contribution in [-0.2, 0) is 0 Å². The maximum Gasteiger partial charge on any atom is 0.0960 e. The zero-order valence-corrected chi connectivity index (χ0v) is 7.50. The third-order valence-electron chi connectivity index (χ3n) is 1.99. The van der Waals surface area contributed by atoms with Crippen molar-refractivity contribution >= 4 is 0 Å². The quantitative estimate of drug-likeness (QED) is 0.465. The predicted octanol–water partition coefficient (Wildman–Crippen LogP) is -0.119. The molecule has 0 fully saturated rings. The largest absolute Gasteiger partial charge is 1.00 e. The molecule has 0 N–H and O–H groups in total. The fraction of sp³-hybridized carbons (Fsp3) is 0.444. The fourth-order valence-electron chi connectivity index (χ4n) is 1.11. The average molecular weight is 157 g/mol. The molecule has 0 nitrogen and oxygen atoms in total. The second-order valence-electron chi connectivity index (χ2n) is 2.52. The van der Waals surface area contributed by atoms with Gasteiger partial charge in [0.25, 0.3) is 0 Å². The second-order valence-corrected chi connectivity index (χ2v) is 2.52. The van der Waals surface area contributed by atoms with Crippen molar-refractivity contribution in [2.45, 2.75) is 27.2 Å². The number of allylic oxidation sites excluding steroid dienone is 4. The van der Waals surface area contributed by atoms with E-state index in [1.54, 1.807) is 0 Å². The maximum atomic E-state index is 2.21. The number of hydrogen-bond acceptors (Lipinski definition) is 0. The van der Waals surface area contributed by atoms with E-state index in [1.165, 1.54) is 23.5 Å². The van der Waals surface area contributed by atoms with Crippen molar-refractivity contribution in [1.29, 1.82) is 0 Å². The van der Waals surface area contributed by atoms with Gasteiger partial charge in [-0.2, -0.15) is 0 Å². The van der Waals surface area contributed by atoms with Crippen LogP contribution in [-0.4, -0.2) is 0 Å². The van der Waals surface area contributed by atoms with E-state index in [0.717, 1.165) is 0 Å². The number of hydrogen-bond donors (Lipinski definition) is 0. The molecule has 1 aliphatic rings. The van der Waals surface area contributed by atoms with Crippen LogP contribution >= 0.6 is 0 Å². The summed E-state index contributed by atoms with van der Waals surface area (Å²) in [6, 6.07) is 0. The standard InChI is InChI=1S/C9H13.ClH/c1-4-9-6-5-7(2)8(9)3;/h5-6H,4H2,1-3H3;1H/q+1;/p-1. The summed E-state index contributed by atoms with van der Waals surface area (Å²) in [5.41, 5.74) is 2.96. The lowest BCUT2D eigenvalue weighted by molar-refractivity contribution is -0.00000202. The maximum absolute atomic E-state index is 2.21. The van der Waals surface area contributed by atoms with Crippen LogP contribution in [0.1, 0.15) is 27.2 Å². The molecule has 0 aromatic rings. The molecule has 0 aliphatic heterocycles. The highest BCUT2D eigenvalue weighted by Gasteiger charge is 2.19. The van der Waals surface area contributed by atoms with Gasteiger partial charge in [-0.25, -0.2) is 0 Å². The van der Waals surface area contributed by atoms with Crippen LogP contribution < -0.4 is 12.4 Å². The first-order valence-electron chi connectivity index (χ1n) is 3.47. The Morgan fingerprint density at radius 1 is 1.50 bits per heavy atom. The summed E-state index contributed by atoms with van der Waals surface area (Å²) in [7, 11) is 0. The third kappa shape index (κ3) is 1.57. The minimum atomic E-state index is 0. The third-order valence-corrected chi connectivity index (χ3v) is 1.99. The summed E-state index contributed by atoms with van der Waals surface area (Å²) in [5, 5.41) is 0. The summed E-state index contributed by atoms with van der Waals surface area (Å²) in [5.74, 6) is 1.42. The lowest BCUT2D eigenvalue weighted by Gasteiger charge is -1.92. The highest BCUT2D eigenvalue weighted by molar-refractivity contribution is 5.46. The molecule has 0 saturated carbocycles. The Labute approximate surface area is 69.4 Å². The van der Waals surface area contributed by atoms with Crippen LogP contribution in [0, 0.1) is 5.92 Å². The Morgan fingerprint density at radius 2 is 2.10 bits per heavy atom. The predicted molar refractivity (Wildman–Crippen MR) is 41.0 cm³/mol. The SMILES string of the molecule is CCC1=C(C)[C+](C)C=C1.[Cl-]. The lowest BCUT2D eigenvalue weighted by atomic mass is 10.0. The van der Waals surface area contributed by atoms with Gasteiger partial charge in [-0.15, -0.1) is 0 Å². The minimum Gasteiger partial charge on any atom is -1.00 e. The van der Waals surface area contributed by atoms with Crippen LogP contribution in [0.25, 0.3) is 0 Å². The van der Waals surface area contributed by atoms with Crippen LogP contribution in [0.5, 0.6) is 0 Å². The van der Waals surface area contributed by atoms with Crippen molar-refractivity contribution in [3.63, 3.8) is 0 Å². The Morgan fingerprint density at radius 3 is 2.30 bits per heavy atom.